The fourth-order valence-corrected chi connectivity index (χ4v) is 1.66. The fraction of sp³-hybridized carbons (Fsp3) is 0.214. The van der Waals surface area contributed by atoms with Gasteiger partial charge in [-0.1, -0.05) is 30.3 Å². The highest BCUT2D eigenvalue weighted by Gasteiger charge is 2.14. The molecule has 0 fully saturated rings. The number of esters is 1. The molecular formula is C14H14O3. The number of hydrogen-bond donors (Lipinski definition) is 0. The lowest BCUT2D eigenvalue weighted by molar-refractivity contribution is -0.147. The molecule has 1 atom stereocenters. The summed E-state index contributed by atoms with van der Waals surface area (Å²) in [6.45, 7) is 1.67. The first kappa shape index (κ1) is 11.5. The van der Waals surface area contributed by atoms with Crippen molar-refractivity contribution in [2.24, 2.45) is 0 Å². The highest BCUT2D eigenvalue weighted by Crippen LogP contribution is 2.21. The predicted molar refractivity (Wildman–Crippen MR) is 66.1 cm³/mol. The third-order valence-corrected chi connectivity index (χ3v) is 2.57. The van der Waals surface area contributed by atoms with Crippen molar-refractivity contribution in [1.29, 1.82) is 0 Å². The molecule has 2 aromatic carbocycles. The van der Waals surface area contributed by atoms with Gasteiger partial charge in [0.15, 0.2) is 6.10 Å². The van der Waals surface area contributed by atoms with Crippen molar-refractivity contribution in [3.63, 3.8) is 0 Å². The Morgan fingerprint density at radius 3 is 2.53 bits per heavy atom. The minimum Gasteiger partial charge on any atom is -0.479 e. The van der Waals surface area contributed by atoms with Crippen LogP contribution in [0.15, 0.2) is 42.5 Å². The van der Waals surface area contributed by atoms with Crippen molar-refractivity contribution >= 4 is 16.7 Å². The predicted octanol–water partition coefficient (Wildman–Crippen LogP) is 2.78. The van der Waals surface area contributed by atoms with E-state index in [-0.39, 0.29) is 5.97 Å². The Labute approximate surface area is 100.0 Å². The SMILES string of the molecule is COC(=O)[C@@H](C)Oc1ccc2ccccc2c1. The maximum Gasteiger partial charge on any atom is 0.346 e. The van der Waals surface area contributed by atoms with Crippen molar-refractivity contribution in [2.75, 3.05) is 7.11 Å². The van der Waals surface area contributed by atoms with Gasteiger partial charge in [-0.25, -0.2) is 4.79 Å². The normalized spacial score (nSPS) is 12.1. The highest BCUT2D eigenvalue weighted by atomic mass is 16.6. The van der Waals surface area contributed by atoms with Gasteiger partial charge < -0.3 is 9.47 Å². The van der Waals surface area contributed by atoms with E-state index in [1.807, 2.05) is 42.5 Å². The van der Waals surface area contributed by atoms with Gasteiger partial charge in [0.2, 0.25) is 0 Å². The zero-order valence-corrected chi connectivity index (χ0v) is 9.84. The molecule has 3 nitrogen and oxygen atoms in total. The molecule has 0 heterocycles. The topological polar surface area (TPSA) is 35.5 Å². The van der Waals surface area contributed by atoms with Crippen LogP contribution < -0.4 is 4.74 Å². The van der Waals surface area contributed by atoms with Gasteiger partial charge in [0.05, 0.1) is 7.11 Å². The minimum absolute atomic E-state index is 0.377. The number of rotatable bonds is 3. The van der Waals surface area contributed by atoms with Crippen LogP contribution in [-0.2, 0) is 9.53 Å². The first-order chi connectivity index (χ1) is 8.20. The molecule has 0 aliphatic carbocycles. The van der Waals surface area contributed by atoms with Crippen LogP contribution in [0.5, 0.6) is 5.75 Å². The molecule has 2 aromatic rings. The van der Waals surface area contributed by atoms with E-state index in [1.165, 1.54) is 7.11 Å². The van der Waals surface area contributed by atoms with Gasteiger partial charge in [-0.15, -0.1) is 0 Å². The molecule has 0 bridgehead atoms. The van der Waals surface area contributed by atoms with Crippen LogP contribution >= 0.6 is 0 Å². The van der Waals surface area contributed by atoms with E-state index in [1.54, 1.807) is 6.92 Å². The van der Waals surface area contributed by atoms with Gasteiger partial charge in [0.1, 0.15) is 5.75 Å². The summed E-state index contributed by atoms with van der Waals surface area (Å²) in [6, 6.07) is 13.7. The van der Waals surface area contributed by atoms with Crippen molar-refractivity contribution < 1.29 is 14.3 Å². The highest BCUT2D eigenvalue weighted by molar-refractivity contribution is 5.84. The maximum absolute atomic E-state index is 11.2. The Kier molecular flexibility index (Phi) is 3.28. The first-order valence-corrected chi connectivity index (χ1v) is 5.44. The Morgan fingerprint density at radius 1 is 1.12 bits per heavy atom. The summed E-state index contributed by atoms with van der Waals surface area (Å²) in [7, 11) is 1.35. The zero-order chi connectivity index (χ0) is 12.3. The van der Waals surface area contributed by atoms with Crippen LogP contribution in [0.4, 0.5) is 0 Å². The second kappa shape index (κ2) is 4.87. The lowest BCUT2D eigenvalue weighted by Crippen LogP contribution is -2.24. The van der Waals surface area contributed by atoms with E-state index < -0.39 is 6.10 Å². The lowest BCUT2D eigenvalue weighted by atomic mass is 10.1. The van der Waals surface area contributed by atoms with Crippen LogP contribution in [0, 0.1) is 0 Å². The Balaban J connectivity index is 2.22. The van der Waals surface area contributed by atoms with Crippen LogP contribution in [0.25, 0.3) is 10.8 Å². The van der Waals surface area contributed by atoms with Crippen molar-refractivity contribution in [2.45, 2.75) is 13.0 Å². The summed E-state index contributed by atoms with van der Waals surface area (Å²) in [5.41, 5.74) is 0. The third-order valence-electron chi connectivity index (χ3n) is 2.57. The number of hydrogen-bond acceptors (Lipinski definition) is 3. The van der Waals surface area contributed by atoms with E-state index in [2.05, 4.69) is 4.74 Å². The summed E-state index contributed by atoms with van der Waals surface area (Å²) >= 11 is 0. The monoisotopic (exact) mass is 230 g/mol. The van der Waals surface area contributed by atoms with Gasteiger partial charge >= 0.3 is 5.97 Å². The van der Waals surface area contributed by atoms with Crippen LogP contribution in [-0.4, -0.2) is 19.2 Å². The molecular weight excluding hydrogens is 216 g/mol. The standard InChI is InChI=1S/C14H14O3/c1-10(14(15)16-2)17-13-8-7-11-5-3-4-6-12(11)9-13/h3-10H,1-2H3/t10-/m1/s1. The largest absolute Gasteiger partial charge is 0.479 e. The minimum atomic E-state index is -0.596. The van der Waals surface area contributed by atoms with Crippen LogP contribution in [0.2, 0.25) is 0 Å². The molecule has 0 spiro atoms. The molecule has 3 heteroatoms. The number of benzene rings is 2. The summed E-state index contributed by atoms with van der Waals surface area (Å²) in [6.07, 6.45) is -0.596. The number of carbonyl (C=O) groups excluding carboxylic acids is 1. The number of ether oxygens (including phenoxy) is 2. The smallest absolute Gasteiger partial charge is 0.346 e. The maximum atomic E-state index is 11.2. The summed E-state index contributed by atoms with van der Waals surface area (Å²) in [5, 5.41) is 2.23. The summed E-state index contributed by atoms with van der Waals surface area (Å²) in [5.74, 6) is 0.291. The van der Waals surface area contributed by atoms with Crippen molar-refractivity contribution in [1.82, 2.24) is 0 Å². The van der Waals surface area contributed by atoms with Gasteiger partial charge in [-0.3, -0.25) is 0 Å². The second-order valence-electron chi connectivity index (χ2n) is 3.79. The molecule has 0 amide bonds. The Hall–Kier alpha value is -2.03. The summed E-state index contributed by atoms with van der Waals surface area (Å²) in [4.78, 5) is 11.2. The molecule has 0 aromatic heterocycles. The quantitative estimate of drug-likeness (QED) is 0.760. The number of fused-ring (bicyclic) bond motifs is 1. The lowest BCUT2D eigenvalue weighted by Gasteiger charge is -2.12. The number of methoxy groups -OCH3 is 1. The van der Waals surface area contributed by atoms with E-state index in [4.69, 9.17) is 4.74 Å². The van der Waals surface area contributed by atoms with Crippen molar-refractivity contribution in [3.8, 4) is 5.75 Å². The van der Waals surface area contributed by atoms with E-state index >= 15 is 0 Å². The van der Waals surface area contributed by atoms with Gasteiger partial charge in [0.25, 0.3) is 0 Å². The zero-order valence-electron chi connectivity index (χ0n) is 9.84. The van der Waals surface area contributed by atoms with E-state index in [0.29, 0.717) is 5.75 Å². The average Bonchev–Trinajstić information content (AvgIpc) is 2.37. The molecule has 17 heavy (non-hydrogen) atoms. The molecule has 0 aliphatic rings. The molecule has 0 saturated carbocycles. The van der Waals surface area contributed by atoms with Gasteiger partial charge in [-0.2, -0.15) is 0 Å². The second-order valence-corrected chi connectivity index (χ2v) is 3.79. The van der Waals surface area contributed by atoms with E-state index in [9.17, 15) is 4.79 Å². The average molecular weight is 230 g/mol. The molecule has 0 radical (unpaired) electrons. The molecule has 88 valence electrons. The van der Waals surface area contributed by atoms with Crippen LogP contribution in [0.3, 0.4) is 0 Å². The van der Waals surface area contributed by atoms with E-state index in [0.717, 1.165) is 10.8 Å². The van der Waals surface area contributed by atoms with Gasteiger partial charge in [0, 0.05) is 0 Å². The van der Waals surface area contributed by atoms with Crippen molar-refractivity contribution in [3.05, 3.63) is 42.5 Å². The Bertz CT molecular complexity index is 534. The van der Waals surface area contributed by atoms with Crippen LogP contribution in [0.1, 0.15) is 6.92 Å². The third kappa shape index (κ3) is 2.56. The summed E-state index contributed by atoms with van der Waals surface area (Å²) < 4.78 is 10.1. The molecule has 0 unspecified atom stereocenters. The Morgan fingerprint density at radius 2 is 1.82 bits per heavy atom. The number of carbonyl (C=O) groups is 1. The van der Waals surface area contributed by atoms with Gasteiger partial charge in [-0.05, 0) is 29.8 Å². The first-order valence-electron chi connectivity index (χ1n) is 5.44. The molecule has 0 saturated heterocycles. The molecule has 0 aliphatic heterocycles. The molecule has 2 rings (SSSR count). The molecule has 0 N–H and O–H groups in total. The fourth-order valence-electron chi connectivity index (χ4n) is 1.66.